The van der Waals surface area contributed by atoms with Crippen molar-refractivity contribution in [1.29, 1.82) is 0 Å². The van der Waals surface area contributed by atoms with Crippen LogP contribution in [0.4, 0.5) is 0 Å². The zero-order valence-electron chi connectivity index (χ0n) is 13.7. The van der Waals surface area contributed by atoms with Crippen LogP contribution in [0.5, 0.6) is 5.75 Å². The number of aromatic nitrogens is 2. The average molecular weight is 327 g/mol. The molecule has 1 aliphatic carbocycles. The van der Waals surface area contributed by atoms with E-state index >= 15 is 0 Å². The third-order valence-electron chi connectivity index (χ3n) is 4.31. The molecule has 24 heavy (non-hydrogen) atoms. The summed E-state index contributed by atoms with van der Waals surface area (Å²) in [6.07, 6.45) is 5.24. The maximum Gasteiger partial charge on any atom is 0.275 e. The van der Waals surface area contributed by atoms with Crippen molar-refractivity contribution < 1.29 is 9.90 Å². The summed E-state index contributed by atoms with van der Waals surface area (Å²) in [7, 11) is 0. The molecule has 1 aromatic heterocycles. The van der Waals surface area contributed by atoms with Gasteiger partial charge in [-0.2, -0.15) is 9.78 Å². The number of hydrogen-bond donors (Lipinski definition) is 2. The Morgan fingerprint density at radius 1 is 1.25 bits per heavy atom. The third kappa shape index (κ3) is 3.48. The van der Waals surface area contributed by atoms with E-state index in [0.29, 0.717) is 5.69 Å². The number of aryl methyl sites for hydroxylation is 1. The van der Waals surface area contributed by atoms with Crippen molar-refractivity contribution >= 4 is 5.91 Å². The molecule has 2 aromatic rings. The fraction of sp³-hybridized carbons (Fsp3) is 0.389. The van der Waals surface area contributed by atoms with Gasteiger partial charge in [-0.25, -0.2) is 0 Å². The molecule has 6 nitrogen and oxygen atoms in total. The monoisotopic (exact) mass is 327 g/mol. The molecule has 0 spiro atoms. The van der Waals surface area contributed by atoms with Crippen molar-refractivity contribution in [2.24, 2.45) is 0 Å². The second-order valence-corrected chi connectivity index (χ2v) is 6.28. The highest BCUT2D eigenvalue weighted by Gasteiger charge is 2.21. The summed E-state index contributed by atoms with van der Waals surface area (Å²) in [4.78, 5) is 24.6. The number of benzene rings is 1. The van der Waals surface area contributed by atoms with Crippen LogP contribution in [0, 0.1) is 6.92 Å². The highest BCUT2D eigenvalue weighted by atomic mass is 16.3. The molecule has 0 saturated heterocycles. The zero-order chi connectivity index (χ0) is 17.1. The van der Waals surface area contributed by atoms with Crippen LogP contribution in [0.25, 0.3) is 5.69 Å². The van der Waals surface area contributed by atoms with Crippen LogP contribution in [0.2, 0.25) is 0 Å². The highest BCUT2D eigenvalue weighted by Crippen LogP contribution is 2.19. The fourth-order valence-corrected chi connectivity index (χ4v) is 3.05. The van der Waals surface area contributed by atoms with Gasteiger partial charge in [0.1, 0.15) is 0 Å². The molecule has 126 valence electrons. The molecule has 1 saturated carbocycles. The van der Waals surface area contributed by atoms with E-state index in [4.69, 9.17) is 0 Å². The Bertz CT molecular complexity index is 807. The number of hydrogen-bond acceptors (Lipinski definition) is 4. The first-order chi connectivity index (χ1) is 11.5. The quantitative estimate of drug-likeness (QED) is 0.906. The van der Waals surface area contributed by atoms with Crippen molar-refractivity contribution in [1.82, 2.24) is 15.1 Å². The molecule has 0 atom stereocenters. The largest absolute Gasteiger partial charge is 0.505 e. The smallest absolute Gasteiger partial charge is 0.275 e. The van der Waals surface area contributed by atoms with Crippen LogP contribution in [0.15, 0.2) is 35.1 Å². The van der Waals surface area contributed by atoms with Gasteiger partial charge in [0, 0.05) is 12.1 Å². The standard InChI is InChI=1S/C18H21N3O3/c1-12-6-5-9-14(10-12)21-16(23)11-15(22)17(20-21)18(24)19-13-7-3-2-4-8-13/h5-6,9-11,13,22H,2-4,7-8H2,1H3,(H,19,24). The molecule has 1 heterocycles. The Morgan fingerprint density at radius 2 is 2.00 bits per heavy atom. The van der Waals surface area contributed by atoms with Crippen molar-refractivity contribution in [3.05, 3.63) is 51.9 Å². The van der Waals surface area contributed by atoms with Gasteiger partial charge in [0.25, 0.3) is 11.5 Å². The molecule has 1 amide bonds. The molecule has 0 radical (unpaired) electrons. The number of rotatable bonds is 3. The summed E-state index contributed by atoms with van der Waals surface area (Å²) in [6, 6.07) is 8.39. The van der Waals surface area contributed by atoms with Gasteiger partial charge in [-0.05, 0) is 37.5 Å². The first-order valence-corrected chi connectivity index (χ1v) is 8.26. The van der Waals surface area contributed by atoms with Crippen molar-refractivity contribution in [3.63, 3.8) is 0 Å². The van der Waals surface area contributed by atoms with Gasteiger partial charge in [-0.15, -0.1) is 0 Å². The summed E-state index contributed by atoms with van der Waals surface area (Å²) in [5, 5.41) is 17.0. The lowest BCUT2D eigenvalue weighted by Crippen LogP contribution is -2.37. The van der Waals surface area contributed by atoms with Crippen LogP contribution >= 0.6 is 0 Å². The molecule has 1 aliphatic rings. The molecular formula is C18H21N3O3. The molecule has 1 aromatic carbocycles. The minimum absolute atomic E-state index is 0.104. The number of nitrogens with one attached hydrogen (secondary N) is 1. The van der Waals surface area contributed by atoms with Gasteiger partial charge < -0.3 is 10.4 Å². The molecular weight excluding hydrogens is 306 g/mol. The van der Waals surface area contributed by atoms with Gasteiger partial charge in [0.15, 0.2) is 11.4 Å². The number of amides is 1. The Kier molecular flexibility index (Phi) is 4.64. The highest BCUT2D eigenvalue weighted by molar-refractivity contribution is 5.94. The van der Waals surface area contributed by atoms with Crippen molar-refractivity contribution in [3.8, 4) is 11.4 Å². The number of aromatic hydroxyl groups is 1. The zero-order valence-corrected chi connectivity index (χ0v) is 13.7. The maximum atomic E-state index is 12.4. The normalized spacial score (nSPS) is 15.2. The average Bonchev–Trinajstić information content (AvgIpc) is 2.55. The van der Waals surface area contributed by atoms with E-state index in [1.807, 2.05) is 19.1 Å². The van der Waals surface area contributed by atoms with Crippen LogP contribution in [0.3, 0.4) is 0 Å². The summed E-state index contributed by atoms with van der Waals surface area (Å²) in [5.74, 6) is -0.835. The van der Waals surface area contributed by atoms with Crippen LogP contribution in [0.1, 0.15) is 48.2 Å². The fourth-order valence-electron chi connectivity index (χ4n) is 3.05. The lowest BCUT2D eigenvalue weighted by atomic mass is 9.95. The topological polar surface area (TPSA) is 84.2 Å². The van der Waals surface area contributed by atoms with Crippen LogP contribution < -0.4 is 10.9 Å². The molecule has 2 N–H and O–H groups in total. The SMILES string of the molecule is Cc1cccc(-n2nc(C(=O)NC3CCCCC3)c(O)cc2=O)c1. The van der Waals surface area contributed by atoms with E-state index in [2.05, 4.69) is 10.4 Å². The molecule has 6 heteroatoms. The molecule has 0 bridgehead atoms. The molecule has 1 fully saturated rings. The molecule has 0 unspecified atom stereocenters. The second kappa shape index (κ2) is 6.86. The van der Waals surface area contributed by atoms with E-state index in [-0.39, 0.29) is 11.7 Å². The summed E-state index contributed by atoms with van der Waals surface area (Å²) >= 11 is 0. The van der Waals surface area contributed by atoms with Crippen LogP contribution in [-0.2, 0) is 0 Å². The predicted octanol–water partition coefficient (Wildman–Crippen LogP) is 2.31. The van der Waals surface area contributed by atoms with E-state index < -0.39 is 17.2 Å². The first-order valence-electron chi connectivity index (χ1n) is 8.26. The van der Waals surface area contributed by atoms with Gasteiger partial charge in [0.05, 0.1) is 5.69 Å². The van der Waals surface area contributed by atoms with Gasteiger partial charge >= 0.3 is 0 Å². The van der Waals surface area contributed by atoms with Gasteiger partial charge in [-0.3, -0.25) is 9.59 Å². The second-order valence-electron chi connectivity index (χ2n) is 6.28. The van der Waals surface area contributed by atoms with E-state index in [0.717, 1.165) is 42.0 Å². The lowest BCUT2D eigenvalue weighted by molar-refractivity contribution is 0.0917. The maximum absolute atomic E-state index is 12.4. The first kappa shape index (κ1) is 16.2. The Hall–Kier alpha value is -2.63. The van der Waals surface area contributed by atoms with Gasteiger partial charge in [-0.1, -0.05) is 31.4 Å². The number of carbonyl (C=O) groups excluding carboxylic acids is 1. The van der Waals surface area contributed by atoms with E-state index in [9.17, 15) is 14.7 Å². The number of carbonyl (C=O) groups is 1. The minimum atomic E-state index is -0.479. The van der Waals surface area contributed by atoms with Crippen molar-refractivity contribution in [2.75, 3.05) is 0 Å². The minimum Gasteiger partial charge on any atom is -0.505 e. The Labute approximate surface area is 140 Å². The Morgan fingerprint density at radius 3 is 2.71 bits per heavy atom. The molecule has 3 rings (SSSR count). The Balaban J connectivity index is 1.92. The summed E-state index contributed by atoms with van der Waals surface area (Å²) in [5.41, 5.74) is 0.934. The third-order valence-corrected chi connectivity index (χ3v) is 4.31. The van der Waals surface area contributed by atoms with Crippen LogP contribution in [-0.4, -0.2) is 26.8 Å². The van der Waals surface area contributed by atoms with E-state index in [1.54, 1.807) is 12.1 Å². The van der Waals surface area contributed by atoms with E-state index in [1.165, 1.54) is 6.42 Å². The summed E-state index contributed by atoms with van der Waals surface area (Å²) < 4.78 is 1.14. The van der Waals surface area contributed by atoms with Crippen molar-refractivity contribution in [2.45, 2.75) is 45.1 Å². The number of nitrogens with zero attached hydrogens (tertiary/aromatic N) is 2. The predicted molar refractivity (Wildman–Crippen MR) is 90.6 cm³/mol. The molecule has 0 aliphatic heterocycles. The van der Waals surface area contributed by atoms with Gasteiger partial charge in [0.2, 0.25) is 0 Å². The lowest BCUT2D eigenvalue weighted by Gasteiger charge is -2.22. The summed E-state index contributed by atoms with van der Waals surface area (Å²) in [6.45, 7) is 1.91.